The molecule has 0 aliphatic carbocycles. The lowest BCUT2D eigenvalue weighted by molar-refractivity contribution is -0.131. The number of anilines is 1. The van der Waals surface area contributed by atoms with Crippen molar-refractivity contribution in [1.29, 1.82) is 0 Å². The summed E-state index contributed by atoms with van der Waals surface area (Å²) in [5, 5.41) is 6.24. The fourth-order valence-corrected chi connectivity index (χ4v) is 5.38. The van der Waals surface area contributed by atoms with Crippen molar-refractivity contribution in [2.75, 3.05) is 5.32 Å². The average molecular weight is 453 g/mol. The van der Waals surface area contributed by atoms with E-state index in [0.29, 0.717) is 33.0 Å². The van der Waals surface area contributed by atoms with Gasteiger partial charge in [0.05, 0.1) is 6.04 Å². The zero-order chi connectivity index (χ0) is 22.6. The number of fused-ring (bicyclic) bond motifs is 2. The molecule has 4 nitrogen and oxygen atoms in total. The van der Waals surface area contributed by atoms with E-state index in [1.54, 1.807) is 37.3 Å². The summed E-state index contributed by atoms with van der Waals surface area (Å²) in [4.78, 5) is 26.7. The van der Waals surface area contributed by atoms with Gasteiger partial charge in [0, 0.05) is 23.0 Å². The smallest absolute Gasteiger partial charge is 0.238 e. The van der Waals surface area contributed by atoms with Crippen LogP contribution in [0.4, 0.5) is 14.5 Å². The van der Waals surface area contributed by atoms with Crippen LogP contribution in [-0.4, -0.2) is 11.8 Å². The van der Waals surface area contributed by atoms with Crippen LogP contribution in [0.3, 0.4) is 0 Å². The monoisotopic (exact) mass is 452 g/mol. The quantitative estimate of drug-likeness (QED) is 0.564. The molecule has 1 fully saturated rings. The normalized spacial score (nSPS) is 24.2. The molecule has 1 spiro atoms. The zero-order valence-electron chi connectivity index (χ0n) is 17.1. The van der Waals surface area contributed by atoms with Gasteiger partial charge in [-0.05, 0) is 71.6 Å². The molecule has 2 N–H and O–H groups in total. The lowest BCUT2D eigenvalue weighted by Gasteiger charge is -2.46. The third-order valence-electron chi connectivity index (χ3n) is 6.55. The van der Waals surface area contributed by atoms with Crippen LogP contribution >= 0.6 is 11.6 Å². The number of benzene rings is 3. The van der Waals surface area contributed by atoms with Crippen molar-refractivity contribution in [2.45, 2.75) is 30.7 Å². The van der Waals surface area contributed by atoms with Crippen LogP contribution in [0.1, 0.15) is 40.6 Å². The number of rotatable bonds is 2. The van der Waals surface area contributed by atoms with Crippen molar-refractivity contribution in [1.82, 2.24) is 5.32 Å². The summed E-state index contributed by atoms with van der Waals surface area (Å²) in [6.45, 7) is 1.79. The minimum Gasteiger partial charge on any atom is -0.348 e. The molecule has 0 bridgehead atoms. The summed E-state index contributed by atoms with van der Waals surface area (Å²) in [7, 11) is 0. The van der Waals surface area contributed by atoms with Crippen LogP contribution in [-0.2, 0) is 15.0 Å². The van der Waals surface area contributed by atoms with Crippen LogP contribution < -0.4 is 10.6 Å². The van der Waals surface area contributed by atoms with E-state index in [9.17, 15) is 18.4 Å². The largest absolute Gasteiger partial charge is 0.348 e. The van der Waals surface area contributed by atoms with Crippen molar-refractivity contribution in [3.05, 3.63) is 99.6 Å². The maximum Gasteiger partial charge on any atom is 0.238 e. The second-order valence-electron chi connectivity index (χ2n) is 8.33. The number of aryl methyl sites for hydroxylation is 1. The highest BCUT2D eigenvalue weighted by Gasteiger charge is 2.61. The fraction of sp³-hybridized carbons (Fsp3) is 0.200. The predicted octanol–water partition coefficient (Wildman–Crippen LogP) is 5.16. The summed E-state index contributed by atoms with van der Waals surface area (Å²) >= 11 is 6.25. The molecule has 0 saturated carbocycles. The fourth-order valence-electron chi connectivity index (χ4n) is 5.18. The van der Waals surface area contributed by atoms with Crippen LogP contribution in [0, 0.1) is 18.6 Å². The summed E-state index contributed by atoms with van der Waals surface area (Å²) in [5.41, 5.74) is 1.37. The molecule has 7 heteroatoms. The van der Waals surface area contributed by atoms with Gasteiger partial charge in [0.25, 0.3) is 0 Å². The molecule has 2 aliphatic rings. The summed E-state index contributed by atoms with van der Waals surface area (Å²) in [5.74, 6) is -2.30. The van der Waals surface area contributed by atoms with Crippen LogP contribution in [0.2, 0.25) is 5.02 Å². The molecule has 3 aromatic carbocycles. The highest BCUT2D eigenvalue weighted by Crippen LogP contribution is 2.57. The van der Waals surface area contributed by atoms with Gasteiger partial charge >= 0.3 is 0 Å². The van der Waals surface area contributed by atoms with Crippen molar-refractivity contribution in [2.24, 2.45) is 0 Å². The summed E-state index contributed by atoms with van der Waals surface area (Å²) in [6.07, 6.45) is -0.00538. The van der Waals surface area contributed by atoms with Crippen molar-refractivity contribution in [3.63, 3.8) is 0 Å². The van der Waals surface area contributed by atoms with Crippen molar-refractivity contribution >= 4 is 29.1 Å². The minimum atomic E-state index is -1.39. The standard InChI is InChI=1S/C25H19ClF2N2O2/c1-13-5-6-16(27)10-18(13)23-25(20-11-17(28)7-8-21(20)29-24(25)32)19(12-22(31)30-23)14-3-2-4-15(26)9-14/h2-11,19,23H,12H2,1H3,(H,29,32)(H,30,31). The topological polar surface area (TPSA) is 58.2 Å². The Morgan fingerprint density at radius 1 is 1.00 bits per heavy atom. The molecule has 2 aliphatic heterocycles. The van der Waals surface area contributed by atoms with Crippen molar-refractivity contribution < 1.29 is 18.4 Å². The number of hydrogen-bond donors (Lipinski definition) is 2. The molecule has 3 aromatic rings. The van der Waals surface area contributed by atoms with Crippen LogP contribution in [0.25, 0.3) is 0 Å². The van der Waals surface area contributed by atoms with Crippen molar-refractivity contribution in [3.8, 4) is 0 Å². The van der Waals surface area contributed by atoms with Gasteiger partial charge in [-0.25, -0.2) is 8.78 Å². The SMILES string of the molecule is Cc1ccc(F)cc1C1NC(=O)CC(c2cccc(Cl)c2)C12C(=O)Nc1ccc(F)cc12. The maximum atomic E-state index is 14.5. The predicted molar refractivity (Wildman–Crippen MR) is 118 cm³/mol. The first-order valence-electron chi connectivity index (χ1n) is 10.2. The lowest BCUT2D eigenvalue weighted by Crippen LogP contribution is -2.57. The van der Waals surface area contributed by atoms with E-state index in [-0.39, 0.29) is 18.2 Å². The van der Waals surface area contributed by atoms with Gasteiger partial charge in [-0.1, -0.05) is 29.8 Å². The van der Waals surface area contributed by atoms with E-state index in [2.05, 4.69) is 10.6 Å². The van der Waals surface area contributed by atoms with Gasteiger partial charge in [0.2, 0.25) is 11.8 Å². The molecular weight excluding hydrogens is 434 g/mol. The molecule has 0 aromatic heterocycles. The Hall–Kier alpha value is -3.25. The van der Waals surface area contributed by atoms with E-state index < -0.39 is 29.0 Å². The first-order valence-corrected chi connectivity index (χ1v) is 10.6. The number of nitrogens with one attached hydrogen (secondary N) is 2. The number of hydrogen-bond acceptors (Lipinski definition) is 2. The highest BCUT2D eigenvalue weighted by atomic mass is 35.5. The number of halogens is 3. The Kier molecular flexibility index (Phi) is 4.78. The Labute approximate surface area is 188 Å². The van der Waals surface area contributed by atoms with Gasteiger partial charge in [-0.3, -0.25) is 9.59 Å². The van der Waals surface area contributed by atoms with Gasteiger partial charge in [-0.2, -0.15) is 0 Å². The van der Waals surface area contributed by atoms with E-state index in [1.807, 2.05) is 0 Å². The maximum absolute atomic E-state index is 14.5. The Morgan fingerprint density at radius 3 is 2.53 bits per heavy atom. The van der Waals surface area contributed by atoms with Gasteiger partial charge < -0.3 is 10.6 Å². The Morgan fingerprint density at radius 2 is 1.75 bits per heavy atom. The number of carbonyl (C=O) groups excluding carboxylic acids is 2. The first-order chi connectivity index (χ1) is 15.3. The van der Waals surface area contributed by atoms with Crippen LogP contribution in [0.15, 0.2) is 60.7 Å². The minimum absolute atomic E-state index is 0.00538. The third-order valence-corrected chi connectivity index (χ3v) is 6.79. The molecule has 32 heavy (non-hydrogen) atoms. The number of piperidine rings is 1. The zero-order valence-corrected chi connectivity index (χ0v) is 17.8. The molecule has 2 amide bonds. The van der Waals surface area contributed by atoms with E-state index in [4.69, 9.17) is 11.6 Å². The molecule has 3 atom stereocenters. The first kappa shape index (κ1) is 20.6. The highest BCUT2D eigenvalue weighted by molar-refractivity contribution is 6.30. The molecule has 1 saturated heterocycles. The average Bonchev–Trinajstić information content (AvgIpc) is 3.03. The molecule has 2 heterocycles. The van der Waals surface area contributed by atoms with Crippen LogP contribution in [0.5, 0.6) is 0 Å². The molecule has 3 unspecified atom stereocenters. The van der Waals surface area contributed by atoms with E-state index in [1.165, 1.54) is 30.3 Å². The second kappa shape index (κ2) is 7.41. The number of amides is 2. The van der Waals surface area contributed by atoms with Gasteiger partial charge in [0.15, 0.2) is 0 Å². The Bertz CT molecular complexity index is 1280. The summed E-state index contributed by atoms with van der Waals surface area (Å²) < 4.78 is 28.8. The molecular formula is C25H19ClF2N2O2. The summed E-state index contributed by atoms with van der Waals surface area (Å²) in [6, 6.07) is 14.4. The molecule has 0 radical (unpaired) electrons. The van der Waals surface area contributed by atoms with E-state index in [0.717, 1.165) is 0 Å². The van der Waals surface area contributed by atoms with Gasteiger partial charge in [-0.15, -0.1) is 0 Å². The third kappa shape index (κ3) is 3.01. The second-order valence-corrected chi connectivity index (χ2v) is 8.76. The molecule has 162 valence electrons. The van der Waals surface area contributed by atoms with Gasteiger partial charge in [0.1, 0.15) is 17.0 Å². The molecule has 5 rings (SSSR count). The number of carbonyl (C=O) groups is 2. The lowest BCUT2D eigenvalue weighted by atomic mass is 9.59. The van der Waals surface area contributed by atoms with E-state index >= 15 is 0 Å². The Balaban J connectivity index is 1.84.